The summed E-state index contributed by atoms with van der Waals surface area (Å²) in [5.74, 6) is 1.89. The number of aryl methyl sites for hydroxylation is 2. The molecule has 0 aliphatic carbocycles. The molecule has 0 saturated carbocycles. The van der Waals surface area contributed by atoms with Gasteiger partial charge in [0.25, 0.3) is 0 Å². The number of amidine groups is 2. The van der Waals surface area contributed by atoms with Crippen molar-refractivity contribution in [1.29, 1.82) is 0 Å². The molecule has 0 aromatic heterocycles. The van der Waals surface area contributed by atoms with Gasteiger partial charge in [-0.05, 0) is 66.4 Å². The van der Waals surface area contributed by atoms with E-state index in [0.29, 0.717) is 0 Å². The molecule has 0 unspecified atom stereocenters. The van der Waals surface area contributed by atoms with Gasteiger partial charge in [-0.1, -0.05) is 175 Å². The minimum absolute atomic E-state index is 0.0345. The Morgan fingerprint density at radius 3 is 1.04 bits per heavy atom. The van der Waals surface area contributed by atoms with E-state index in [4.69, 9.17) is 9.98 Å². The first-order chi connectivity index (χ1) is 26.6. The number of anilines is 2. The molecule has 0 N–H and O–H groups in total. The zero-order valence-corrected chi connectivity index (χ0v) is 30.6. The Bertz CT molecular complexity index is 2240. The summed E-state index contributed by atoms with van der Waals surface area (Å²) in [4.78, 5) is 16.2. The van der Waals surface area contributed by atoms with Gasteiger partial charge in [-0.15, -0.1) is 0 Å². The molecule has 0 radical (unpaired) electrons. The van der Waals surface area contributed by atoms with Crippen LogP contribution in [0.5, 0.6) is 0 Å². The monoisotopic (exact) mass is 698 g/mol. The summed E-state index contributed by atoms with van der Waals surface area (Å²) in [5.41, 5.74) is 11.6. The Morgan fingerprint density at radius 2 is 0.685 bits per heavy atom. The molecule has 0 amide bonds. The summed E-state index contributed by atoms with van der Waals surface area (Å²) in [6.45, 7) is 4.28. The lowest BCUT2D eigenvalue weighted by Crippen LogP contribution is -2.33. The van der Waals surface area contributed by atoms with Crippen molar-refractivity contribution in [3.05, 3.63) is 239 Å². The summed E-state index contributed by atoms with van der Waals surface area (Å²) in [5, 5.41) is 0. The molecule has 262 valence electrons. The smallest absolute Gasteiger partial charge is 0.136 e. The zero-order valence-electron chi connectivity index (χ0n) is 30.6. The van der Waals surface area contributed by atoms with Crippen molar-refractivity contribution in [1.82, 2.24) is 0 Å². The fraction of sp³-hybridized carbons (Fsp3) is 0.120. The third kappa shape index (κ3) is 6.30. The molecule has 4 atom stereocenters. The third-order valence-corrected chi connectivity index (χ3v) is 10.7. The van der Waals surface area contributed by atoms with Gasteiger partial charge in [0.05, 0.1) is 12.1 Å². The lowest BCUT2D eigenvalue weighted by atomic mass is 9.93. The van der Waals surface area contributed by atoms with E-state index < -0.39 is 0 Å². The van der Waals surface area contributed by atoms with Gasteiger partial charge in [0.2, 0.25) is 0 Å². The standard InChI is InChI=1S/C50H42N4/c1-35-26-30-43(31-27-35)53-47(39-20-11-5-12-21-39)45(37-16-7-3-8-17-37)51-49(53)41-24-15-25-42(34-41)50-52-46(38-18-9-4-10-19-38)48(40-22-13-6-14-23-40)54(50)44-32-28-36(2)29-33-44/h3-34,45-48H,1-2H3/t45-,46-,47-,48-/m0/s1. The Balaban J connectivity index is 1.22. The molecule has 7 aromatic rings. The van der Waals surface area contributed by atoms with Crippen LogP contribution in [0, 0.1) is 13.8 Å². The lowest BCUT2D eigenvalue weighted by molar-refractivity contribution is 0.611. The zero-order chi connectivity index (χ0) is 36.4. The Hall–Kier alpha value is -6.52. The maximum atomic E-state index is 5.64. The largest absolute Gasteiger partial charge is 0.316 e. The average Bonchev–Trinajstić information content (AvgIpc) is 3.84. The van der Waals surface area contributed by atoms with Gasteiger partial charge < -0.3 is 9.80 Å². The molecule has 0 spiro atoms. The normalized spacial score (nSPS) is 19.4. The van der Waals surface area contributed by atoms with E-state index in [1.165, 1.54) is 33.4 Å². The second-order valence-corrected chi connectivity index (χ2v) is 14.3. The van der Waals surface area contributed by atoms with E-state index in [-0.39, 0.29) is 24.2 Å². The summed E-state index contributed by atoms with van der Waals surface area (Å²) in [7, 11) is 0. The van der Waals surface area contributed by atoms with Crippen molar-refractivity contribution < 1.29 is 0 Å². The second-order valence-electron chi connectivity index (χ2n) is 14.3. The first kappa shape index (κ1) is 33.3. The molecule has 2 heterocycles. The maximum Gasteiger partial charge on any atom is 0.136 e. The van der Waals surface area contributed by atoms with E-state index in [2.05, 4.69) is 218 Å². The summed E-state index contributed by atoms with van der Waals surface area (Å²) in [6.07, 6.45) is 0. The summed E-state index contributed by atoms with van der Waals surface area (Å²) < 4.78 is 0. The van der Waals surface area contributed by atoms with Crippen LogP contribution in [0.25, 0.3) is 0 Å². The van der Waals surface area contributed by atoms with Crippen LogP contribution in [-0.2, 0) is 0 Å². The Kier molecular flexibility index (Phi) is 8.94. The number of hydrogen-bond donors (Lipinski definition) is 0. The highest BCUT2D eigenvalue weighted by Gasteiger charge is 2.42. The fourth-order valence-corrected chi connectivity index (χ4v) is 8.05. The topological polar surface area (TPSA) is 31.2 Å². The summed E-state index contributed by atoms with van der Waals surface area (Å²) in [6, 6.07) is 69.4. The predicted octanol–water partition coefficient (Wildman–Crippen LogP) is 11.8. The maximum absolute atomic E-state index is 5.64. The molecule has 0 bridgehead atoms. The second kappa shape index (κ2) is 14.5. The molecule has 0 fully saturated rings. The first-order valence-corrected chi connectivity index (χ1v) is 18.8. The highest BCUT2D eigenvalue weighted by molar-refractivity contribution is 6.16. The molecular formula is C50H42N4. The third-order valence-electron chi connectivity index (χ3n) is 10.7. The predicted molar refractivity (Wildman–Crippen MR) is 224 cm³/mol. The summed E-state index contributed by atoms with van der Waals surface area (Å²) >= 11 is 0. The van der Waals surface area contributed by atoms with Crippen LogP contribution in [-0.4, -0.2) is 11.7 Å². The van der Waals surface area contributed by atoms with Crippen LogP contribution >= 0.6 is 0 Å². The number of aliphatic imine (C=N–C) groups is 2. The van der Waals surface area contributed by atoms with Gasteiger partial charge in [0.15, 0.2) is 0 Å². The Morgan fingerprint density at radius 1 is 0.352 bits per heavy atom. The van der Waals surface area contributed by atoms with E-state index in [9.17, 15) is 0 Å². The highest BCUT2D eigenvalue weighted by atomic mass is 15.3. The first-order valence-electron chi connectivity index (χ1n) is 18.8. The SMILES string of the molecule is Cc1ccc(N2C(c3cccc(C4=N[C@@H](c5ccccc5)[C@H](c5ccccc5)N4c4ccc(C)cc4)c3)=N[C@@H](c3ccccc3)[C@@H]2c2ccccc2)cc1. The van der Waals surface area contributed by atoms with E-state index >= 15 is 0 Å². The van der Waals surface area contributed by atoms with E-state index in [1.54, 1.807) is 0 Å². The van der Waals surface area contributed by atoms with E-state index in [0.717, 1.165) is 34.2 Å². The van der Waals surface area contributed by atoms with Gasteiger partial charge in [-0.25, -0.2) is 0 Å². The molecule has 2 aliphatic rings. The van der Waals surface area contributed by atoms with Crippen molar-refractivity contribution in [2.75, 3.05) is 9.80 Å². The van der Waals surface area contributed by atoms with Gasteiger partial charge in [0.1, 0.15) is 23.8 Å². The lowest BCUT2D eigenvalue weighted by Gasteiger charge is -2.32. The molecule has 2 aliphatic heterocycles. The molecule has 9 rings (SSSR count). The number of hydrogen-bond acceptors (Lipinski definition) is 4. The van der Waals surface area contributed by atoms with Crippen molar-refractivity contribution in [3.63, 3.8) is 0 Å². The van der Waals surface area contributed by atoms with Crippen LogP contribution in [0.15, 0.2) is 204 Å². The molecule has 0 saturated heterocycles. The minimum atomic E-state index is -0.105. The fourth-order valence-electron chi connectivity index (χ4n) is 8.05. The highest BCUT2D eigenvalue weighted by Crippen LogP contribution is 2.48. The Labute approximate surface area is 318 Å². The molecule has 4 heteroatoms. The van der Waals surface area contributed by atoms with Crippen molar-refractivity contribution in [2.45, 2.75) is 38.0 Å². The van der Waals surface area contributed by atoms with Crippen LogP contribution in [0.3, 0.4) is 0 Å². The van der Waals surface area contributed by atoms with Crippen molar-refractivity contribution in [3.8, 4) is 0 Å². The number of benzene rings is 7. The van der Waals surface area contributed by atoms with Crippen LogP contribution in [0.1, 0.15) is 68.7 Å². The number of nitrogens with zero attached hydrogens (tertiary/aromatic N) is 4. The van der Waals surface area contributed by atoms with Gasteiger partial charge in [0, 0.05) is 22.5 Å². The molecule has 54 heavy (non-hydrogen) atoms. The number of rotatable bonds is 8. The average molecular weight is 699 g/mol. The van der Waals surface area contributed by atoms with Gasteiger partial charge in [-0.2, -0.15) is 0 Å². The van der Waals surface area contributed by atoms with Crippen LogP contribution in [0.2, 0.25) is 0 Å². The molecular weight excluding hydrogens is 657 g/mol. The quantitative estimate of drug-likeness (QED) is 0.158. The van der Waals surface area contributed by atoms with Crippen LogP contribution in [0.4, 0.5) is 11.4 Å². The minimum Gasteiger partial charge on any atom is -0.316 e. The van der Waals surface area contributed by atoms with Crippen molar-refractivity contribution in [2.24, 2.45) is 9.98 Å². The van der Waals surface area contributed by atoms with Crippen LogP contribution < -0.4 is 9.80 Å². The molecule has 4 nitrogen and oxygen atoms in total. The van der Waals surface area contributed by atoms with E-state index in [1.807, 2.05) is 0 Å². The molecule has 7 aromatic carbocycles. The van der Waals surface area contributed by atoms with Gasteiger partial charge >= 0.3 is 0 Å². The van der Waals surface area contributed by atoms with Crippen molar-refractivity contribution >= 4 is 23.0 Å². The van der Waals surface area contributed by atoms with Gasteiger partial charge in [-0.3, -0.25) is 9.98 Å².